The fraction of sp³-hybridized carbons (Fsp3) is 0.941. The van der Waals surface area contributed by atoms with Gasteiger partial charge in [-0.05, 0) is 0 Å². The van der Waals surface area contributed by atoms with E-state index in [1.807, 2.05) is 0 Å². The van der Waals surface area contributed by atoms with Gasteiger partial charge < -0.3 is 254 Å². The van der Waals surface area contributed by atoms with Crippen molar-refractivity contribution in [3.05, 3.63) is 0 Å². The third-order valence-corrected chi connectivity index (χ3v) is 22.5. The first kappa shape index (κ1) is 101. The molecule has 55 heteroatoms. The van der Waals surface area contributed by atoms with Gasteiger partial charge in [0.2, 0.25) is 23.6 Å². The van der Waals surface area contributed by atoms with E-state index in [9.17, 15) is 162 Å². The molecule has 10 heterocycles. The summed E-state index contributed by atoms with van der Waals surface area (Å²) in [4.78, 5) is 51.1. The zero-order valence-electron chi connectivity index (χ0n) is 65.9. The predicted octanol–water partition coefficient (Wildman–Crippen LogP) is -22.2. The summed E-state index contributed by atoms with van der Waals surface area (Å²) in [5.41, 5.74) is 0. The van der Waals surface area contributed by atoms with Crippen molar-refractivity contribution in [2.24, 2.45) is 0 Å². The highest BCUT2D eigenvalue weighted by Gasteiger charge is 2.62. The van der Waals surface area contributed by atoms with Crippen LogP contribution in [0.3, 0.4) is 0 Å². The van der Waals surface area contributed by atoms with Gasteiger partial charge in [-0.15, -0.1) is 0 Å². The maximum atomic E-state index is 13.2. The van der Waals surface area contributed by atoms with Gasteiger partial charge in [0.1, 0.15) is 244 Å². The number of carbonyl (C=O) groups excluding carboxylic acids is 4. The molecule has 10 aliphatic heterocycles. The van der Waals surface area contributed by atoms with Crippen LogP contribution < -0.4 is 21.3 Å². The first-order valence-electron chi connectivity index (χ1n) is 39.1. The Morgan fingerprint density at radius 2 is 0.472 bits per heavy atom. The second-order valence-electron chi connectivity index (χ2n) is 31.0. The summed E-state index contributed by atoms with van der Waals surface area (Å²) in [6.07, 6.45) is -101. The molecule has 50 atom stereocenters. The molecule has 123 heavy (non-hydrogen) atoms. The van der Waals surface area contributed by atoms with Crippen molar-refractivity contribution in [3.63, 3.8) is 0 Å². The minimum Gasteiger partial charge on any atom is -0.394 e. The topological polar surface area (TPSA) is 858 Å². The summed E-state index contributed by atoms with van der Waals surface area (Å²) in [5, 5.41) is 324. The van der Waals surface area contributed by atoms with Crippen molar-refractivity contribution in [1.82, 2.24) is 21.3 Å². The van der Waals surface area contributed by atoms with Crippen molar-refractivity contribution in [1.29, 1.82) is 0 Å². The van der Waals surface area contributed by atoms with Gasteiger partial charge in [0.25, 0.3) is 0 Å². The van der Waals surface area contributed by atoms with Gasteiger partial charge in [-0.25, -0.2) is 0 Å². The van der Waals surface area contributed by atoms with Crippen LogP contribution in [0.4, 0.5) is 0 Å². The van der Waals surface area contributed by atoms with Gasteiger partial charge in [-0.1, -0.05) is 0 Å². The minimum atomic E-state index is -2.76. The Kier molecular flexibility index (Phi) is 36.4. The third kappa shape index (κ3) is 22.4. The Hall–Kier alpha value is -4.00. The molecular formula is C68H114N4O51. The summed E-state index contributed by atoms with van der Waals surface area (Å²) in [6, 6.07) is -7.56. The van der Waals surface area contributed by atoms with Crippen LogP contribution in [-0.4, -0.2) is 539 Å². The molecule has 0 aliphatic carbocycles. The maximum Gasteiger partial charge on any atom is 0.217 e. The normalized spacial score (nSPS) is 49.4. The standard InChI is InChI=1S/C68H114N4O51/c1-15(81)69-29-42(94)52(25(11-79)107-59(29)104)117-62-32(72-18(4)84)43(95)53(26(12-80)114-62)118-67-51(103)57(122-66-50(102)55(38(90)24(10-78)112-66)121-68-58(46(98)37(89)23(9-77)113-68)123-61-31(71-17(3)83)41(93)34(86)20(6-74)109-61)54(119-60-30(70-16(2)82)40(92)33(85)19(5-73)108-60)28(116-67)14-106-64-49(101)56(120-65-48(100)45(97)36(88)22(8-76)111-65)39(91)27(115-64)13-105-63-47(99)44(96)35(87)21(7-75)110-63/h19-68,73-80,85-104H,5-14H2,1-4H3,(H,69,81)(H,70,82)(H,71,83)(H,72,84)/t19-,20-,21-,22-,23-,24-,25-,26-,27-,28-,29-,30-,31-,32-,33-,34-,35-,36-,37-,38-,39-,40-,41-,42-,43-,44+,45+,46+,47+,48+,49+,50+,51+,52-,53-,54-,55+,56+,57-,58+,59-,60+,61+,62+,63+,64+,65-,66-,67+,68-/m1/s1. The first-order chi connectivity index (χ1) is 58.2. The summed E-state index contributed by atoms with van der Waals surface area (Å²) in [6.45, 7) is -7.77. The SMILES string of the molecule is CC(=O)N[C@@H]1[C@@H](O)[C@H](O[C@@H]2O[C@H](CO)[C@@H](O[C@@H]3O[C@H](CO[C@H]4O[C@H](CO[C@H]5O[C@H](CO)[C@@H](O)[C@H](O)[C@@H]5O)[C@@H](O)[C@H](O[C@H]5O[C@H](CO)[C@@H](O)[C@H](O)[C@@H]5O)[C@@H]4O)[C@@H](O[C@@H]4O[C@H](CO)[C@@H](O)[C@H](O)[C@H]4NC(C)=O)[C@H](O[C@H]4O[C@H](CO)[C@@H](O)[C@H](O[C@H]5O[C@H](CO)[C@@H](O)[C@H](O)[C@@H]5O[C@@H]5O[C@H](CO)[C@@H](O)[C@H](O)[C@H]5NC(C)=O)[C@@H]4O)[C@@H]3O)[C@H](O)[C@H]2NC(C)=O)[C@@H](CO)O[C@H]1O. The van der Waals surface area contributed by atoms with E-state index in [2.05, 4.69) is 21.3 Å². The molecule has 0 spiro atoms. The number of ether oxygens (including phenoxy) is 19. The number of aliphatic hydroxyl groups excluding tert-OH is 28. The Morgan fingerprint density at radius 3 is 0.927 bits per heavy atom. The molecule has 0 aromatic heterocycles. The molecule has 10 aliphatic rings. The molecule has 10 fully saturated rings. The highest BCUT2D eigenvalue weighted by molar-refractivity contribution is 5.74. The van der Waals surface area contributed by atoms with Gasteiger partial charge in [0.05, 0.1) is 66.1 Å². The van der Waals surface area contributed by atoms with Crippen molar-refractivity contribution in [2.75, 3.05) is 66.1 Å². The summed E-state index contributed by atoms with van der Waals surface area (Å²) >= 11 is 0. The Morgan fingerprint density at radius 1 is 0.211 bits per heavy atom. The zero-order chi connectivity index (χ0) is 90.5. The second-order valence-corrected chi connectivity index (χ2v) is 31.0. The fourth-order valence-electron chi connectivity index (χ4n) is 15.8. The van der Waals surface area contributed by atoms with E-state index < -0.39 is 397 Å². The minimum absolute atomic E-state index is 0.822. The largest absolute Gasteiger partial charge is 0.394 e. The Bertz CT molecular complexity index is 3310. The van der Waals surface area contributed by atoms with Crippen molar-refractivity contribution in [3.8, 4) is 0 Å². The lowest BCUT2D eigenvalue weighted by molar-refractivity contribution is -0.408. The molecule has 32 N–H and O–H groups in total. The molecule has 0 unspecified atom stereocenters. The Labute approximate surface area is 695 Å². The average Bonchev–Trinajstić information content (AvgIpc) is 0.758. The van der Waals surface area contributed by atoms with E-state index >= 15 is 0 Å². The number of carbonyl (C=O) groups is 4. The smallest absolute Gasteiger partial charge is 0.217 e. The van der Waals surface area contributed by atoms with Crippen LogP contribution in [0.15, 0.2) is 0 Å². The highest BCUT2D eigenvalue weighted by atomic mass is 16.8. The van der Waals surface area contributed by atoms with Crippen LogP contribution in [0.1, 0.15) is 27.7 Å². The molecular weight excluding hydrogens is 1690 g/mol. The molecule has 10 saturated heterocycles. The molecule has 10 rings (SSSR count). The molecule has 0 aromatic rings. The fourth-order valence-corrected chi connectivity index (χ4v) is 15.8. The van der Waals surface area contributed by atoms with Crippen LogP contribution >= 0.6 is 0 Å². The van der Waals surface area contributed by atoms with E-state index in [0.717, 1.165) is 27.7 Å². The van der Waals surface area contributed by atoms with Gasteiger partial charge in [0, 0.05) is 27.7 Å². The lowest BCUT2D eigenvalue weighted by atomic mass is 9.93. The number of nitrogens with one attached hydrogen (secondary N) is 4. The van der Waals surface area contributed by atoms with Crippen LogP contribution in [0.5, 0.6) is 0 Å². The zero-order valence-corrected chi connectivity index (χ0v) is 65.9. The molecule has 0 aromatic carbocycles. The quantitative estimate of drug-likeness (QED) is 0.0297. The molecule has 4 amide bonds. The number of amides is 4. The van der Waals surface area contributed by atoms with E-state index in [1.165, 1.54) is 0 Å². The Balaban J connectivity index is 1.08. The summed E-state index contributed by atoms with van der Waals surface area (Å²) in [7, 11) is 0. The number of rotatable bonds is 32. The first-order valence-corrected chi connectivity index (χ1v) is 39.1. The van der Waals surface area contributed by atoms with Gasteiger partial charge in [-0.3, -0.25) is 19.2 Å². The van der Waals surface area contributed by atoms with E-state index in [0.29, 0.717) is 0 Å². The number of hydrogen-bond donors (Lipinski definition) is 32. The second kappa shape index (κ2) is 44.3. The average molecular weight is 1800 g/mol. The third-order valence-electron chi connectivity index (χ3n) is 22.5. The van der Waals surface area contributed by atoms with E-state index in [1.54, 1.807) is 0 Å². The number of hydrogen-bond acceptors (Lipinski definition) is 51. The van der Waals surface area contributed by atoms with E-state index in [-0.39, 0.29) is 0 Å². The maximum absolute atomic E-state index is 13.2. The van der Waals surface area contributed by atoms with Gasteiger partial charge in [-0.2, -0.15) is 0 Å². The van der Waals surface area contributed by atoms with Gasteiger partial charge in [0.15, 0.2) is 62.9 Å². The van der Waals surface area contributed by atoms with Crippen molar-refractivity contribution < 1.29 is 252 Å². The van der Waals surface area contributed by atoms with Crippen LogP contribution in [0, 0.1) is 0 Å². The van der Waals surface area contributed by atoms with Crippen LogP contribution in [0.2, 0.25) is 0 Å². The predicted molar refractivity (Wildman–Crippen MR) is 376 cm³/mol. The molecule has 0 saturated carbocycles. The molecule has 55 nitrogen and oxygen atoms in total. The lowest BCUT2D eigenvalue weighted by Gasteiger charge is -2.52. The summed E-state index contributed by atoms with van der Waals surface area (Å²) < 4.78 is 114. The van der Waals surface area contributed by atoms with Crippen LogP contribution in [-0.2, 0) is 109 Å². The monoisotopic (exact) mass is 1800 g/mol. The molecule has 0 bridgehead atoms. The van der Waals surface area contributed by atoms with Crippen molar-refractivity contribution >= 4 is 23.6 Å². The number of aliphatic hydroxyl groups is 28. The molecule has 0 radical (unpaired) electrons. The molecule has 712 valence electrons. The van der Waals surface area contributed by atoms with Gasteiger partial charge >= 0.3 is 0 Å². The van der Waals surface area contributed by atoms with E-state index in [4.69, 9.17) is 90.0 Å². The van der Waals surface area contributed by atoms with Crippen molar-refractivity contribution in [2.45, 2.75) is 335 Å². The lowest BCUT2D eigenvalue weighted by Crippen LogP contribution is -2.71. The highest BCUT2D eigenvalue weighted by Crippen LogP contribution is 2.41. The van der Waals surface area contributed by atoms with Crippen LogP contribution in [0.25, 0.3) is 0 Å². The summed E-state index contributed by atoms with van der Waals surface area (Å²) in [5.74, 6) is -3.72.